The maximum absolute atomic E-state index is 12.7. The number of benzene rings is 1. The Hall–Kier alpha value is -2.91. The fourth-order valence-corrected chi connectivity index (χ4v) is 4.47. The molecule has 8 nitrogen and oxygen atoms in total. The van der Waals surface area contributed by atoms with Crippen molar-refractivity contribution in [2.24, 2.45) is 0 Å². The van der Waals surface area contributed by atoms with Gasteiger partial charge >= 0.3 is 5.97 Å². The maximum atomic E-state index is 12.7. The summed E-state index contributed by atoms with van der Waals surface area (Å²) in [5.41, 5.74) is 0.315. The second kappa shape index (κ2) is 9.53. The molecular formula is C20H22N2O6S. The van der Waals surface area contributed by atoms with Crippen LogP contribution in [0.1, 0.15) is 25.0 Å². The van der Waals surface area contributed by atoms with Gasteiger partial charge in [-0.2, -0.15) is 4.31 Å². The van der Waals surface area contributed by atoms with E-state index in [1.807, 2.05) is 0 Å². The quantitative estimate of drug-likeness (QED) is 0.547. The fourth-order valence-electron chi connectivity index (χ4n) is 2.91. The Morgan fingerprint density at radius 3 is 2.66 bits per heavy atom. The lowest BCUT2D eigenvalue weighted by atomic mass is 10.2. The molecule has 2 heterocycles. The van der Waals surface area contributed by atoms with E-state index < -0.39 is 28.5 Å². The highest BCUT2D eigenvalue weighted by molar-refractivity contribution is 7.89. The highest BCUT2D eigenvalue weighted by atomic mass is 32.2. The third-order valence-corrected chi connectivity index (χ3v) is 6.24. The van der Waals surface area contributed by atoms with Gasteiger partial charge in [0, 0.05) is 24.9 Å². The second-order valence-corrected chi connectivity index (χ2v) is 8.44. The maximum Gasteiger partial charge on any atom is 0.331 e. The van der Waals surface area contributed by atoms with Crippen molar-refractivity contribution in [2.75, 3.05) is 25.0 Å². The third kappa shape index (κ3) is 5.78. The topological polar surface area (TPSA) is 106 Å². The van der Waals surface area contributed by atoms with Crippen LogP contribution in [0.3, 0.4) is 0 Å². The minimum atomic E-state index is -3.60. The number of rotatable bonds is 7. The van der Waals surface area contributed by atoms with Crippen LogP contribution in [0.25, 0.3) is 6.08 Å². The van der Waals surface area contributed by atoms with Gasteiger partial charge in [0.05, 0.1) is 11.2 Å². The zero-order valence-corrected chi connectivity index (χ0v) is 16.6. The van der Waals surface area contributed by atoms with E-state index >= 15 is 0 Å². The van der Waals surface area contributed by atoms with Crippen molar-refractivity contribution in [2.45, 2.75) is 24.2 Å². The Morgan fingerprint density at radius 1 is 1.14 bits per heavy atom. The standard InChI is InChI=1S/C20H22N2O6S/c23-19(15-28-20(24)10-9-17-7-5-13-27-17)21-16-6-4-8-18(14-16)29(25,26)22-11-2-1-3-12-22/h4-10,13-14H,1-3,11-12,15H2,(H,21,23)/b10-9+. The van der Waals surface area contributed by atoms with Crippen molar-refractivity contribution in [1.29, 1.82) is 0 Å². The molecule has 9 heteroatoms. The van der Waals surface area contributed by atoms with Crippen molar-refractivity contribution in [3.63, 3.8) is 0 Å². The Kier molecular flexibility index (Phi) is 6.84. The highest BCUT2D eigenvalue weighted by Gasteiger charge is 2.26. The molecule has 1 N–H and O–H groups in total. The average molecular weight is 418 g/mol. The van der Waals surface area contributed by atoms with Gasteiger partial charge in [0.1, 0.15) is 5.76 Å². The van der Waals surface area contributed by atoms with E-state index in [0.29, 0.717) is 24.5 Å². The van der Waals surface area contributed by atoms with Crippen LogP contribution in [0.2, 0.25) is 0 Å². The molecule has 1 aliphatic rings. The molecule has 154 valence electrons. The molecule has 1 amide bonds. The lowest BCUT2D eigenvalue weighted by Crippen LogP contribution is -2.35. The van der Waals surface area contributed by atoms with Gasteiger partial charge in [-0.3, -0.25) is 4.79 Å². The van der Waals surface area contributed by atoms with Gasteiger partial charge in [-0.05, 0) is 49.2 Å². The molecule has 0 unspecified atom stereocenters. The lowest BCUT2D eigenvalue weighted by molar-refractivity contribution is -0.142. The minimum absolute atomic E-state index is 0.121. The van der Waals surface area contributed by atoms with Gasteiger partial charge in [-0.15, -0.1) is 0 Å². The van der Waals surface area contributed by atoms with E-state index in [1.165, 1.54) is 28.8 Å². The van der Waals surface area contributed by atoms with E-state index in [0.717, 1.165) is 25.3 Å². The molecule has 0 atom stereocenters. The number of nitrogens with zero attached hydrogens (tertiary/aromatic N) is 1. The molecule has 0 aliphatic carbocycles. The van der Waals surface area contributed by atoms with Gasteiger partial charge in [0.2, 0.25) is 10.0 Å². The molecule has 1 aliphatic heterocycles. The van der Waals surface area contributed by atoms with Crippen LogP contribution in [0.4, 0.5) is 5.69 Å². The summed E-state index contributed by atoms with van der Waals surface area (Å²) < 4.78 is 36.8. The molecule has 1 aromatic carbocycles. The predicted molar refractivity (Wildman–Crippen MR) is 106 cm³/mol. The number of amides is 1. The first-order chi connectivity index (χ1) is 13.9. The number of carbonyl (C=O) groups excluding carboxylic acids is 2. The van der Waals surface area contributed by atoms with E-state index in [-0.39, 0.29) is 4.90 Å². The minimum Gasteiger partial charge on any atom is -0.465 e. The number of sulfonamides is 1. The smallest absolute Gasteiger partial charge is 0.331 e. The molecule has 0 spiro atoms. The molecule has 1 aromatic heterocycles. The number of hydrogen-bond donors (Lipinski definition) is 1. The largest absolute Gasteiger partial charge is 0.465 e. The summed E-state index contributed by atoms with van der Waals surface area (Å²) in [4.78, 5) is 23.8. The summed E-state index contributed by atoms with van der Waals surface area (Å²) in [7, 11) is -3.60. The molecule has 29 heavy (non-hydrogen) atoms. The first kappa shape index (κ1) is 20.8. The van der Waals surface area contributed by atoms with Gasteiger partial charge in [0.25, 0.3) is 5.91 Å². The summed E-state index contributed by atoms with van der Waals surface area (Å²) in [6.45, 7) is 0.505. The number of furan rings is 1. The third-order valence-electron chi connectivity index (χ3n) is 4.34. The SMILES string of the molecule is O=C(COC(=O)/C=C/c1ccco1)Nc1cccc(S(=O)(=O)N2CCCCC2)c1. The number of hydrogen-bond acceptors (Lipinski definition) is 6. The van der Waals surface area contributed by atoms with Gasteiger partial charge in [-0.1, -0.05) is 12.5 Å². The van der Waals surface area contributed by atoms with Crippen LogP contribution in [0, 0.1) is 0 Å². The second-order valence-electron chi connectivity index (χ2n) is 6.50. The van der Waals surface area contributed by atoms with Crippen LogP contribution < -0.4 is 5.32 Å². The zero-order chi connectivity index (χ0) is 20.7. The van der Waals surface area contributed by atoms with Gasteiger partial charge in [0.15, 0.2) is 6.61 Å². The van der Waals surface area contributed by atoms with Crippen molar-refractivity contribution in [1.82, 2.24) is 4.31 Å². The molecule has 0 bridgehead atoms. The van der Waals surface area contributed by atoms with E-state index in [1.54, 1.807) is 24.3 Å². The molecule has 2 aromatic rings. The van der Waals surface area contributed by atoms with Crippen LogP contribution in [0.5, 0.6) is 0 Å². The molecule has 3 rings (SSSR count). The fraction of sp³-hybridized carbons (Fsp3) is 0.300. The first-order valence-corrected chi connectivity index (χ1v) is 10.7. The average Bonchev–Trinajstić information content (AvgIpc) is 3.25. The summed E-state index contributed by atoms with van der Waals surface area (Å²) in [5, 5.41) is 2.54. The van der Waals surface area contributed by atoms with Crippen LogP contribution in [0.15, 0.2) is 58.1 Å². The number of nitrogens with one attached hydrogen (secondary N) is 1. The number of ether oxygens (including phenoxy) is 1. The molecule has 0 saturated carbocycles. The summed E-state index contributed by atoms with van der Waals surface area (Å²) in [5.74, 6) is -0.784. The van der Waals surface area contributed by atoms with Crippen LogP contribution in [-0.4, -0.2) is 44.3 Å². The number of piperidine rings is 1. The Bertz CT molecular complexity index is 976. The van der Waals surface area contributed by atoms with Gasteiger partial charge < -0.3 is 14.5 Å². The number of esters is 1. The molecule has 1 fully saturated rings. The Labute approximate surface area is 169 Å². The van der Waals surface area contributed by atoms with E-state index in [2.05, 4.69) is 5.32 Å². The normalized spacial score (nSPS) is 15.3. The van der Waals surface area contributed by atoms with Crippen molar-refractivity contribution < 1.29 is 27.2 Å². The monoisotopic (exact) mass is 418 g/mol. The zero-order valence-electron chi connectivity index (χ0n) is 15.7. The summed E-state index contributed by atoms with van der Waals surface area (Å²) in [6.07, 6.45) is 6.76. The summed E-state index contributed by atoms with van der Waals surface area (Å²) >= 11 is 0. The Morgan fingerprint density at radius 2 is 1.93 bits per heavy atom. The van der Waals surface area contributed by atoms with Gasteiger partial charge in [-0.25, -0.2) is 13.2 Å². The van der Waals surface area contributed by atoms with E-state index in [9.17, 15) is 18.0 Å². The lowest BCUT2D eigenvalue weighted by Gasteiger charge is -2.26. The molecular weight excluding hydrogens is 396 g/mol. The Balaban J connectivity index is 1.55. The van der Waals surface area contributed by atoms with E-state index in [4.69, 9.17) is 9.15 Å². The molecule has 1 saturated heterocycles. The molecule has 0 radical (unpaired) electrons. The number of anilines is 1. The van der Waals surface area contributed by atoms with Crippen LogP contribution >= 0.6 is 0 Å². The van der Waals surface area contributed by atoms with Crippen molar-refractivity contribution in [3.05, 3.63) is 54.5 Å². The highest BCUT2D eigenvalue weighted by Crippen LogP contribution is 2.22. The van der Waals surface area contributed by atoms with Crippen molar-refractivity contribution in [3.8, 4) is 0 Å². The van der Waals surface area contributed by atoms with Crippen molar-refractivity contribution >= 4 is 33.7 Å². The summed E-state index contributed by atoms with van der Waals surface area (Å²) in [6, 6.07) is 9.38. The van der Waals surface area contributed by atoms with Crippen LogP contribution in [-0.2, 0) is 24.3 Å². The number of carbonyl (C=O) groups is 2. The first-order valence-electron chi connectivity index (χ1n) is 9.23. The predicted octanol–water partition coefficient (Wildman–Crippen LogP) is 2.65.